The molecule has 2 heterocycles. The predicted molar refractivity (Wildman–Crippen MR) is 205 cm³/mol. The molecule has 0 aliphatic rings. The molecule has 8 aromatic rings. The van der Waals surface area contributed by atoms with Gasteiger partial charge < -0.3 is 11.5 Å². The second-order valence-electron chi connectivity index (χ2n) is 11.7. The summed E-state index contributed by atoms with van der Waals surface area (Å²) in [6.07, 6.45) is 3.70. The number of rotatable bonds is 7. The van der Waals surface area contributed by atoms with Crippen LogP contribution in [0, 0.1) is 0 Å². The van der Waals surface area contributed by atoms with E-state index >= 15 is 0 Å². The Hall–Kier alpha value is -6.37. The van der Waals surface area contributed by atoms with Crippen molar-refractivity contribution in [1.82, 2.24) is 15.0 Å². The molecular weight excluding hydrogens is 619 g/mol. The Morgan fingerprint density at radius 1 is 0.449 bits per heavy atom. The van der Waals surface area contributed by atoms with Crippen LogP contribution in [-0.4, -0.2) is 15.0 Å². The van der Waals surface area contributed by atoms with E-state index < -0.39 is 0 Å². The number of benzene rings is 6. The Labute approximate surface area is 288 Å². The van der Waals surface area contributed by atoms with Crippen LogP contribution in [0.15, 0.2) is 164 Å². The number of fused-ring (bicyclic) bond motifs is 3. The first kappa shape index (κ1) is 30.0. The molecule has 0 fully saturated rings. The smallest absolute Gasteiger partial charge is 0.165 e. The highest BCUT2D eigenvalue weighted by molar-refractivity contribution is 7.26. The number of nitrogens with zero attached hydrogens (tertiary/aromatic N) is 3. The standard InChI is InChI=1S/C43H31N5S/c44-35(29-12-4-1-5-13-29)25-26-36(45)30-22-20-28(21-23-30)33-24-27-38-39(34-18-10-11-19-37(34)49-38)40(33)43-47-41(31-14-6-2-7-15-31)46-42(48-43)32-16-8-3-9-17-32/h1-27H,44-45H2/b35-25-,36-26-. The van der Waals surface area contributed by atoms with Crippen LogP contribution in [-0.2, 0) is 0 Å². The molecule has 0 spiro atoms. The van der Waals surface area contributed by atoms with Gasteiger partial charge in [0.2, 0.25) is 0 Å². The average molecular weight is 650 g/mol. The highest BCUT2D eigenvalue weighted by atomic mass is 32.1. The zero-order valence-corrected chi connectivity index (χ0v) is 27.3. The van der Waals surface area contributed by atoms with Gasteiger partial charge in [0.1, 0.15) is 0 Å². The van der Waals surface area contributed by atoms with E-state index in [0.717, 1.165) is 44.3 Å². The highest BCUT2D eigenvalue weighted by Gasteiger charge is 2.21. The summed E-state index contributed by atoms with van der Waals surface area (Å²) < 4.78 is 2.39. The van der Waals surface area contributed by atoms with Crippen LogP contribution < -0.4 is 11.5 Å². The number of hydrogen-bond acceptors (Lipinski definition) is 6. The second kappa shape index (κ2) is 13.0. The fraction of sp³-hybridized carbons (Fsp3) is 0. The largest absolute Gasteiger partial charge is 0.398 e. The second-order valence-corrected chi connectivity index (χ2v) is 12.8. The molecular formula is C43H31N5S. The quantitative estimate of drug-likeness (QED) is 0.168. The predicted octanol–water partition coefficient (Wildman–Crippen LogP) is 10.2. The van der Waals surface area contributed by atoms with Gasteiger partial charge in [0.15, 0.2) is 17.5 Å². The van der Waals surface area contributed by atoms with Crippen LogP contribution in [0.1, 0.15) is 11.1 Å². The minimum atomic E-state index is 0.627. The van der Waals surface area contributed by atoms with Gasteiger partial charge in [-0.25, -0.2) is 15.0 Å². The molecule has 49 heavy (non-hydrogen) atoms. The van der Waals surface area contributed by atoms with Gasteiger partial charge in [-0.05, 0) is 46.5 Å². The van der Waals surface area contributed by atoms with Crippen LogP contribution in [0.25, 0.3) is 76.9 Å². The van der Waals surface area contributed by atoms with Gasteiger partial charge in [-0.3, -0.25) is 0 Å². The molecule has 6 heteroatoms. The minimum Gasteiger partial charge on any atom is -0.398 e. The summed E-state index contributed by atoms with van der Waals surface area (Å²) in [4.78, 5) is 15.3. The zero-order chi connectivity index (χ0) is 33.2. The normalized spacial score (nSPS) is 12.1. The van der Waals surface area contributed by atoms with Gasteiger partial charge in [0, 0.05) is 48.3 Å². The summed E-state index contributed by atoms with van der Waals surface area (Å²) in [7, 11) is 0. The van der Waals surface area contributed by atoms with Crippen LogP contribution in [0.4, 0.5) is 0 Å². The molecule has 0 radical (unpaired) electrons. The molecule has 5 nitrogen and oxygen atoms in total. The highest BCUT2D eigenvalue weighted by Crippen LogP contribution is 2.44. The maximum atomic E-state index is 6.53. The van der Waals surface area contributed by atoms with Crippen LogP contribution in [0.3, 0.4) is 0 Å². The van der Waals surface area contributed by atoms with E-state index in [0.29, 0.717) is 28.9 Å². The molecule has 2 aromatic heterocycles. The van der Waals surface area contributed by atoms with Gasteiger partial charge in [-0.15, -0.1) is 11.3 Å². The Bertz CT molecular complexity index is 2430. The maximum absolute atomic E-state index is 6.53. The van der Waals surface area contributed by atoms with Crippen molar-refractivity contribution in [3.63, 3.8) is 0 Å². The molecule has 0 atom stereocenters. The van der Waals surface area contributed by atoms with E-state index in [-0.39, 0.29) is 0 Å². The van der Waals surface area contributed by atoms with Crippen molar-refractivity contribution in [3.05, 3.63) is 175 Å². The molecule has 0 aliphatic carbocycles. The Kier molecular flexibility index (Phi) is 7.97. The molecule has 0 unspecified atom stereocenters. The zero-order valence-electron chi connectivity index (χ0n) is 26.5. The van der Waals surface area contributed by atoms with Crippen molar-refractivity contribution >= 4 is 42.9 Å². The van der Waals surface area contributed by atoms with Crippen LogP contribution in [0.5, 0.6) is 0 Å². The third-order valence-electron chi connectivity index (χ3n) is 8.55. The fourth-order valence-corrected chi connectivity index (χ4v) is 7.17. The summed E-state index contributed by atoms with van der Waals surface area (Å²) in [6, 6.07) is 51.3. The first-order valence-electron chi connectivity index (χ1n) is 16.0. The lowest BCUT2D eigenvalue weighted by Crippen LogP contribution is -2.01. The lowest BCUT2D eigenvalue weighted by atomic mass is 9.93. The molecule has 234 valence electrons. The molecule has 4 N–H and O–H groups in total. The van der Waals surface area contributed by atoms with Crippen molar-refractivity contribution in [2.75, 3.05) is 0 Å². The first-order valence-corrected chi connectivity index (χ1v) is 16.8. The minimum absolute atomic E-state index is 0.627. The van der Waals surface area contributed by atoms with Crippen LogP contribution in [0.2, 0.25) is 0 Å². The molecule has 0 aliphatic heterocycles. The fourth-order valence-electron chi connectivity index (χ4n) is 6.05. The van der Waals surface area contributed by atoms with Gasteiger partial charge in [-0.2, -0.15) is 0 Å². The van der Waals surface area contributed by atoms with Crippen molar-refractivity contribution in [2.45, 2.75) is 0 Å². The van der Waals surface area contributed by atoms with E-state index in [1.165, 1.54) is 14.8 Å². The van der Waals surface area contributed by atoms with Crippen molar-refractivity contribution in [1.29, 1.82) is 0 Å². The number of aromatic nitrogens is 3. The van der Waals surface area contributed by atoms with E-state index in [1.807, 2.05) is 115 Å². The molecule has 0 bridgehead atoms. The van der Waals surface area contributed by atoms with E-state index in [9.17, 15) is 0 Å². The Balaban J connectivity index is 1.30. The SMILES string of the molecule is N/C(=C\C=C(/N)c1ccc(-c2ccc3sc4ccccc4c3c2-c2nc(-c3ccccc3)nc(-c3ccccc3)n2)cc1)c1ccccc1. The van der Waals surface area contributed by atoms with Gasteiger partial charge >= 0.3 is 0 Å². The number of nitrogens with two attached hydrogens (primary N) is 2. The van der Waals surface area contributed by atoms with Gasteiger partial charge in [0.25, 0.3) is 0 Å². The van der Waals surface area contributed by atoms with Gasteiger partial charge in [-0.1, -0.05) is 140 Å². The third-order valence-corrected chi connectivity index (χ3v) is 9.68. The van der Waals surface area contributed by atoms with Crippen molar-refractivity contribution in [3.8, 4) is 45.3 Å². The monoisotopic (exact) mass is 649 g/mol. The lowest BCUT2D eigenvalue weighted by molar-refractivity contribution is 1.08. The summed E-state index contributed by atoms with van der Waals surface area (Å²) >= 11 is 1.78. The summed E-state index contributed by atoms with van der Waals surface area (Å²) in [6.45, 7) is 0. The summed E-state index contributed by atoms with van der Waals surface area (Å²) in [5, 5.41) is 2.31. The van der Waals surface area contributed by atoms with Crippen LogP contribution >= 0.6 is 11.3 Å². The van der Waals surface area contributed by atoms with Crippen molar-refractivity contribution < 1.29 is 0 Å². The Morgan fingerprint density at radius 2 is 0.959 bits per heavy atom. The molecule has 0 saturated heterocycles. The first-order chi connectivity index (χ1) is 24.1. The average Bonchev–Trinajstić information content (AvgIpc) is 3.56. The third kappa shape index (κ3) is 5.97. The van der Waals surface area contributed by atoms with E-state index in [1.54, 1.807) is 11.3 Å². The van der Waals surface area contributed by atoms with E-state index in [4.69, 9.17) is 26.4 Å². The molecule has 6 aromatic carbocycles. The van der Waals surface area contributed by atoms with E-state index in [2.05, 4.69) is 48.5 Å². The number of thiophene rings is 1. The summed E-state index contributed by atoms with van der Waals surface area (Å²) in [5.41, 5.74) is 20.9. The van der Waals surface area contributed by atoms with Crippen molar-refractivity contribution in [2.24, 2.45) is 11.5 Å². The lowest BCUT2D eigenvalue weighted by Gasteiger charge is -2.14. The molecule has 0 amide bonds. The topological polar surface area (TPSA) is 90.7 Å². The molecule has 0 saturated carbocycles. The molecule has 8 rings (SSSR count). The maximum Gasteiger partial charge on any atom is 0.165 e. The Morgan fingerprint density at radius 3 is 1.57 bits per heavy atom. The summed E-state index contributed by atoms with van der Waals surface area (Å²) in [5.74, 6) is 1.88. The van der Waals surface area contributed by atoms with Gasteiger partial charge in [0.05, 0.1) is 0 Å². The number of allylic oxidation sites excluding steroid dienone is 2. The number of hydrogen-bond donors (Lipinski definition) is 2.